The Morgan fingerprint density at radius 1 is 1.05 bits per heavy atom. The Hall–Kier alpha value is -1.06. The maximum Gasteiger partial charge on any atom is 0.308 e. The fourth-order valence-corrected chi connectivity index (χ4v) is 3.12. The zero-order chi connectivity index (χ0) is 14.5. The minimum atomic E-state index is -0.805. The predicted molar refractivity (Wildman–Crippen MR) is 77.3 cm³/mol. The van der Waals surface area contributed by atoms with Gasteiger partial charge in [-0.15, -0.1) is 0 Å². The molecule has 0 aromatic rings. The van der Waals surface area contributed by atoms with Crippen molar-refractivity contribution < 1.29 is 14.7 Å². The quantitative estimate of drug-likeness (QED) is 0.842. The number of amides is 1. The second-order valence-corrected chi connectivity index (χ2v) is 6.50. The summed E-state index contributed by atoms with van der Waals surface area (Å²) in [5, 5.41) is 9.07. The van der Waals surface area contributed by atoms with Crippen LogP contribution in [0.2, 0.25) is 0 Å². The topological polar surface area (TPSA) is 57.6 Å². The Morgan fingerprint density at radius 2 is 1.60 bits per heavy atom. The summed E-state index contributed by atoms with van der Waals surface area (Å²) in [6, 6.07) is 0.315. The van der Waals surface area contributed by atoms with Gasteiger partial charge in [-0.25, -0.2) is 0 Å². The van der Waals surface area contributed by atoms with Crippen LogP contribution < -0.4 is 0 Å². The molecule has 2 aliphatic rings. The molecule has 4 heteroatoms. The summed E-state index contributed by atoms with van der Waals surface area (Å²) in [4.78, 5) is 25.7. The van der Waals surface area contributed by atoms with E-state index >= 15 is 0 Å². The Labute approximate surface area is 121 Å². The summed E-state index contributed by atoms with van der Waals surface area (Å²) in [5.74, 6) is -0.909. The molecule has 2 rings (SSSR count). The molecule has 0 spiro atoms. The summed E-state index contributed by atoms with van der Waals surface area (Å²) in [6.07, 6.45) is 10.1. The zero-order valence-corrected chi connectivity index (χ0v) is 12.5. The van der Waals surface area contributed by atoms with Crippen LogP contribution >= 0.6 is 0 Å². The number of aliphatic carboxylic acids is 1. The SMILES string of the molecule is CC(CN(C(=O)C1CCCCCCC1)C1CC1)C(=O)O. The lowest BCUT2D eigenvalue weighted by Crippen LogP contribution is -2.42. The van der Waals surface area contributed by atoms with E-state index in [2.05, 4.69) is 0 Å². The van der Waals surface area contributed by atoms with Crippen LogP contribution in [0.15, 0.2) is 0 Å². The first-order valence-corrected chi connectivity index (χ1v) is 8.13. The monoisotopic (exact) mass is 281 g/mol. The molecule has 20 heavy (non-hydrogen) atoms. The molecule has 0 aromatic heterocycles. The van der Waals surface area contributed by atoms with E-state index in [9.17, 15) is 9.59 Å². The Balaban J connectivity index is 1.96. The molecule has 114 valence electrons. The van der Waals surface area contributed by atoms with E-state index in [1.807, 2.05) is 4.90 Å². The first-order valence-electron chi connectivity index (χ1n) is 8.13. The molecule has 0 bridgehead atoms. The fraction of sp³-hybridized carbons (Fsp3) is 0.875. The van der Waals surface area contributed by atoms with Crippen LogP contribution in [-0.4, -0.2) is 34.5 Å². The van der Waals surface area contributed by atoms with Crippen molar-refractivity contribution in [1.82, 2.24) is 4.90 Å². The minimum Gasteiger partial charge on any atom is -0.481 e. The minimum absolute atomic E-state index is 0.136. The summed E-state index contributed by atoms with van der Waals surface area (Å²) in [5.41, 5.74) is 0. The Morgan fingerprint density at radius 3 is 2.10 bits per heavy atom. The zero-order valence-electron chi connectivity index (χ0n) is 12.5. The number of carboxylic acid groups (broad SMARTS) is 1. The molecule has 0 saturated heterocycles. The summed E-state index contributed by atoms with van der Waals surface area (Å²) >= 11 is 0. The van der Waals surface area contributed by atoms with Crippen LogP contribution in [-0.2, 0) is 9.59 Å². The van der Waals surface area contributed by atoms with Crippen LogP contribution in [0, 0.1) is 11.8 Å². The number of hydrogen-bond donors (Lipinski definition) is 1. The lowest BCUT2D eigenvalue weighted by Gasteiger charge is -2.29. The second kappa shape index (κ2) is 7.09. The average molecular weight is 281 g/mol. The van der Waals surface area contributed by atoms with Gasteiger partial charge in [0, 0.05) is 18.5 Å². The third kappa shape index (κ3) is 4.22. The van der Waals surface area contributed by atoms with Gasteiger partial charge >= 0.3 is 5.97 Å². The van der Waals surface area contributed by atoms with E-state index in [1.165, 1.54) is 19.3 Å². The number of hydrogen-bond acceptors (Lipinski definition) is 2. The molecule has 1 unspecified atom stereocenters. The van der Waals surface area contributed by atoms with Crippen LogP contribution in [0.5, 0.6) is 0 Å². The van der Waals surface area contributed by atoms with Crippen LogP contribution in [0.4, 0.5) is 0 Å². The summed E-state index contributed by atoms with van der Waals surface area (Å²) < 4.78 is 0. The smallest absolute Gasteiger partial charge is 0.308 e. The van der Waals surface area contributed by atoms with Gasteiger partial charge in [0.25, 0.3) is 0 Å². The molecule has 1 atom stereocenters. The number of carbonyl (C=O) groups excluding carboxylic acids is 1. The molecule has 1 N–H and O–H groups in total. The molecule has 2 saturated carbocycles. The third-order valence-electron chi connectivity index (χ3n) is 4.62. The van der Waals surface area contributed by atoms with Crippen molar-refractivity contribution in [2.24, 2.45) is 11.8 Å². The maximum atomic E-state index is 12.7. The van der Waals surface area contributed by atoms with E-state index in [1.54, 1.807) is 6.92 Å². The van der Waals surface area contributed by atoms with E-state index in [4.69, 9.17) is 5.11 Å². The highest BCUT2D eigenvalue weighted by molar-refractivity contribution is 5.80. The van der Waals surface area contributed by atoms with E-state index in [0.29, 0.717) is 12.6 Å². The van der Waals surface area contributed by atoms with Crippen molar-refractivity contribution in [3.05, 3.63) is 0 Å². The number of carbonyl (C=O) groups is 2. The molecule has 2 fully saturated rings. The van der Waals surface area contributed by atoms with Gasteiger partial charge in [0.2, 0.25) is 5.91 Å². The highest BCUT2D eigenvalue weighted by Gasteiger charge is 2.37. The van der Waals surface area contributed by atoms with Gasteiger partial charge in [-0.1, -0.05) is 39.0 Å². The largest absolute Gasteiger partial charge is 0.481 e. The highest BCUT2D eigenvalue weighted by atomic mass is 16.4. The number of carboxylic acids is 1. The molecule has 0 aliphatic heterocycles. The summed E-state index contributed by atoms with van der Waals surface area (Å²) in [7, 11) is 0. The van der Waals surface area contributed by atoms with Gasteiger partial charge in [-0.05, 0) is 25.7 Å². The standard InChI is InChI=1S/C16H27NO3/c1-12(16(19)20)11-17(14-9-10-14)15(18)13-7-5-3-2-4-6-8-13/h12-14H,2-11H2,1H3,(H,19,20). The molecular weight excluding hydrogens is 254 g/mol. The molecule has 0 heterocycles. The van der Waals surface area contributed by atoms with E-state index in [-0.39, 0.29) is 11.8 Å². The lowest BCUT2D eigenvalue weighted by atomic mass is 9.90. The molecule has 2 aliphatic carbocycles. The average Bonchev–Trinajstić information content (AvgIpc) is 3.18. The van der Waals surface area contributed by atoms with E-state index in [0.717, 1.165) is 38.5 Å². The van der Waals surface area contributed by atoms with Crippen molar-refractivity contribution in [3.8, 4) is 0 Å². The van der Waals surface area contributed by atoms with Gasteiger partial charge in [0.1, 0.15) is 0 Å². The third-order valence-corrected chi connectivity index (χ3v) is 4.62. The summed E-state index contributed by atoms with van der Waals surface area (Å²) in [6.45, 7) is 2.08. The highest BCUT2D eigenvalue weighted by Crippen LogP contribution is 2.32. The first kappa shape index (κ1) is 15.3. The Kier molecular flexibility index (Phi) is 5.44. The maximum absolute atomic E-state index is 12.7. The van der Waals surface area contributed by atoms with Gasteiger partial charge < -0.3 is 10.0 Å². The molecule has 4 nitrogen and oxygen atoms in total. The fourth-order valence-electron chi connectivity index (χ4n) is 3.12. The van der Waals surface area contributed by atoms with Crippen molar-refractivity contribution in [2.45, 2.75) is 70.8 Å². The number of nitrogens with zero attached hydrogens (tertiary/aromatic N) is 1. The van der Waals surface area contributed by atoms with Crippen molar-refractivity contribution in [2.75, 3.05) is 6.54 Å². The molecule has 0 radical (unpaired) electrons. The van der Waals surface area contributed by atoms with Crippen molar-refractivity contribution in [1.29, 1.82) is 0 Å². The predicted octanol–water partition coefficient (Wildman–Crippen LogP) is 3.06. The van der Waals surface area contributed by atoms with Gasteiger partial charge in [0.05, 0.1) is 5.92 Å². The number of rotatable bonds is 5. The van der Waals surface area contributed by atoms with E-state index < -0.39 is 11.9 Å². The lowest BCUT2D eigenvalue weighted by molar-refractivity contribution is -0.144. The first-order chi connectivity index (χ1) is 9.59. The van der Waals surface area contributed by atoms with Crippen LogP contribution in [0.3, 0.4) is 0 Å². The van der Waals surface area contributed by atoms with Gasteiger partial charge in [0.15, 0.2) is 0 Å². The van der Waals surface area contributed by atoms with Gasteiger partial charge in [-0.3, -0.25) is 9.59 Å². The van der Waals surface area contributed by atoms with Crippen LogP contribution in [0.25, 0.3) is 0 Å². The van der Waals surface area contributed by atoms with Crippen LogP contribution in [0.1, 0.15) is 64.7 Å². The molecule has 0 aromatic carbocycles. The van der Waals surface area contributed by atoms with Crippen molar-refractivity contribution >= 4 is 11.9 Å². The Bertz CT molecular complexity index is 344. The second-order valence-electron chi connectivity index (χ2n) is 6.50. The molecular formula is C16H27NO3. The van der Waals surface area contributed by atoms with Crippen molar-refractivity contribution in [3.63, 3.8) is 0 Å². The molecule has 1 amide bonds. The normalized spacial score (nSPS) is 22.6. The van der Waals surface area contributed by atoms with Gasteiger partial charge in [-0.2, -0.15) is 0 Å².